The lowest BCUT2D eigenvalue weighted by atomic mass is 10.3. The Hall–Kier alpha value is -0.120. The molecule has 3 nitrogen and oxygen atoms in total. The quantitative estimate of drug-likeness (QED) is 0.550. The summed E-state index contributed by atoms with van der Waals surface area (Å²) in [5.41, 5.74) is 10.9. The monoisotopic (exact) mass is 159 g/mol. The molecule has 0 spiro atoms. The third-order valence-electron chi connectivity index (χ3n) is 1.77. The number of nitrogens with zero attached hydrogens (tertiary/aromatic N) is 1. The SMILES string of the molecule is CCCN(CC)CCC(N)N. The van der Waals surface area contributed by atoms with Gasteiger partial charge in [0.25, 0.3) is 0 Å². The van der Waals surface area contributed by atoms with Crippen molar-refractivity contribution in [2.24, 2.45) is 11.5 Å². The van der Waals surface area contributed by atoms with Crippen molar-refractivity contribution in [1.29, 1.82) is 0 Å². The summed E-state index contributed by atoms with van der Waals surface area (Å²) in [5.74, 6) is 0. The van der Waals surface area contributed by atoms with Crippen molar-refractivity contribution < 1.29 is 0 Å². The maximum atomic E-state index is 5.44. The van der Waals surface area contributed by atoms with Crippen LogP contribution in [0.1, 0.15) is 26.7 Å². The summed E-state index contributed by atoms with van der Waals surface area (Å²) in [5, 5.41) is 0. The highest BCUT2D eigenvalue weighted by atomic mass is 15.1. The zero-order chi connectivity index (χ0) is 8.69. The van der Waals surface area contributed by atoms with E-state index in [-0.39, 0.29) is 6.17 Å². The van der Waals surface area contributed by atoms with Gasteiger partial charge in [-0.3, -0.25) is 0 Å². The largest absolute Gasteiger partial charge is 0.316 e. The Morgan fingerprint density at radius 1 is 1.18 bits per heavy atom. The first-order valence-corrected chi connectivity index (χ1v) is 4.44. The molecule has 0 bridgehead atoms. The van der Waals surface area contributed by atoms with E-state index in [1.165, 1.54) is 6.42 Å². The lowest BCUT2D eigenvalue weighted by Crippen LogP contribution is -2.36. The molecule has 0 radical (unpaired) electrons. The molecule has 0 heterocycles. The van der Waals surface area contributed by atoms with Crippen LogP contribution in [-0.2, 0) is 0 Å². The number of nitrogens with two attached hydrogens (primary N) is 2. The van der Waals surface area contributed by atoms with Crippen LogP contribution in [0, 0.1) is 0 Å². The van der Waals surface area contributed by atoms with Crippen LogP contribution in [0.2, 0.25) is 0 Å². The Balaban J connectivity index is 3.35. The van der Waals surface area contributed by atoms with Gasteiger partial charge in [-0.1, -0.05) is 13.8 Å². The summed E-state index contributed by atoms with van der Waals surface area (Å²) in [7, 11) is 0. The highest BCUT2D eigenvalue weighted by Crippen LogP contribution is 1.93. The average Bonchev–Trinajstić information content (AvgIpc) is 1.97. The Kier molecular flexibility index (Phi) is 6.51. The van der Waals surface area contributed by atoms with Crippen molar-refractivity contribution in [3.63, 3.8) is 0 Å². The van der Waals surface area contributed by atoms with Crippen LogP contribution in [0.4, 0.5) is 0 Å². The van der Waals surface area contributed by atoms with E-state index in [0.29, 0.717) is 0 Å². The van der Waals surface area contributed by atoms with Gasteiger partial charge in [-0.2, -0.15) is 0 Å². The van der Waals surface area contributed by atoms with Crippen LogP contribution in [-0.4, -0.2) is 30.7 Å². The van der Waals surface area contributed by atoms with Crippen LogP contribution in [0.15, 0.2) is 0 Å². The third kappa shape index (κ3) is 6.28. The topological polar surface area (TPSA) is 55.3 Å². The molecular weight excluding hydrogens is 138 g/mol. The van der Waals surface area contributed by atoms with Crippen LogP contribution < -0.4 is 11.5 Å². The maximum absolute atomic E-state index is 5.44. The van der Waals surface area contributed by atoms with Crippen LogP contribution in [0.5, 0.6) is 0 Å². The van der Waals surface area contributed by atoms with Gasteiger partial charge < -0.3 is 16.4 Å². The normalized spacial score (nSPS) is 11.5. The Morgan fingerprint density at radius 2 is 1.82 bits per heavy atom. The van der Waals surface area contributed by atoms with E-state index < -0.39 is 0 Å². The molecule has 0 aromatic rings. The van der Waals surface area contributed by atoms with E-state index in [1.54, 1.807) is 0 Å². The summed E-state index contributed by atoms with van der Waals surface area (Å²) >= 11 is 0. The molecule has 0 aliphatic carbocycles. The molecule has 68 valence electrons. The molecule has 0 amide bonds. The first-order valence-electron chi connectivity index (χ1n) is 4.44. The van der Waals surface area contributed by atoms with Crippen molar-refractivity contribution in [1.82, 2.24) is 4.90 Å². The summed E-state index contributed by atoms with van der Waals surface area (Å²) in [6, 6.07) is 0. The zero-order valence-electron chi connectivity index (χ0n) is 7.71. The van der Waals surface area contributed by atoms with Gasteiger partial charge in [0.1, 0.15) is 0 Å². The van der Waals surface area contributed by atoms with Gasteiger partial charge in [-0.15, -0.1) is 0 Å². The standard InChI is InChI=1S/C8H21N3/c1-3-6-11(4-2)7-5-8(9)10/h8H,3-7,9-10H2,1-2H3. The fourth-order valence-electron chi connectivity index (χ4n) is 1.08. The smallest absolute Gasteiger partial charge is 0.0533 e. The highest BCUT2D eigenvalue weighted by molar-refractivity contribution is 4.58. The molecule has 0 aromatic heterocycles. The molecule has 0 aliphatic rings. The molecule has 0 fully saturated rings. The van der Waals surface area contributed by atoms with E-state index >= 15 is 0 Å². The van der Waals surface area contributed by atoms with Crippen molar-refractivity contribution in [3.8, 4) is 0 Å². The second-order valence-electron chi connectivity index (χ2n) is 2.89. The van der Waals surface area contributed by atoms with Crippen LogP contribution >= 0.6 is 0 Å². The van der Waals surface area contributed by atoms with E-state index in [1.807, 2.05) is 0 Å². The molecule has 0 rings (SSSR count). The summed E-state index contributed by atoms with van der Waals surface area (Å²) in [6.07, 6.45) is 1.95. The van der Waals surface area contributed by atoms with Crippen molar-refractivity contribution in [2.75, 3.05) is 19.6 Å². The number of rotatable bonds is 6. The van der Waals surface area contributed by atoms with E-state index in [9.17, 15) is 0 Å². The minimum Gasteiger partial charge on any atom is -0.316 e. The summed E-state index contributed by atoms with van der Waals surface area (Å²) < 4.78 is 0. The molecule has 4 N–H and O–H groups in total. The van der Waals surface area contributed by atoms with E-state index in [0.717, 1.165) is 26.1 Å². The molecule has 0 aliphatic heterocycles. The van der Waals surface area contributed by atoms with Gasteiger partial charge >= 0.3 is 0 Å². The van der Waals surface area contributed by atoms with Crippen LogP contribution in [0.25, 0.3) is 0 Å². The van der Waals surface area contributed by atoms with Crippen molar-refractivity contribution in [2.45, 2.75) is 32.9 Å². The van der Waals surface area contributed by atoms with Gasteiger partial charge in [0.15, 0.2) is 0 Å². The van der Waals surface area contributed by atoms with Gasteiger partial charge in [0.2, 0.25) is 0 Å². The van der Waals surface area contributed by atoms with Gasteiger partial charge in [-0.25, -0.2) is 0 Å². The first-order chi connectivity index (χ1) is 5.20. The molecule has 0 unspecified atom stereocenters. The van der Waals surface area contributed by atoms with Gasteiger partial charge in [0.05, 0.1) is 6.17 Å². The molecule has 3 heteroatoms. The Labute approximate surface area is 69.7 Å². The highest BCUT2D eigenvalue weighted by Gasteiger charge is 2.01. The minimum absolute atomic E-state index is 0.152. The predicted molar refractivity (Wildman–Crippen MR) is 49.2 cm³/mol. The van der Waals surface area contributed by atoms with Gasteiger partial charge in [-0.05, 0) is 25.9 Å². The maximum Gasteiger partial charge on any atom is 0.0533 e. The fraction of sp³-hybridized carbons (Fsp3) is 1.00. The lowest BCUT2D eigenvalue weighted by molar-refractivity contribution is 0.277. The second kappa shape index (κ2) is 6.58. The number of hydrogen-bond donors (Lipinski definition) is 2. The molecule has 0 saturated carbocycles. The average molecular weight is 159 g/mol. The molecule has 0 atom stereocenters. The first kappa shape index (κ1) is 10.9. The van der Waals surface area contributed by atoms with Crippen molar-refractivity contribution in [3.05, 3.63) is 0 Å². The molecule has 0 aromatic carbocycles. The second-order valence-corrected chi connectivity index (χ2v) is 2.89. The zero-order valence-corrected chi connectivity index (χ0v) is 7.71. The van der Waals surface area contributed by atoms with E-state index in [2.05, 4.69) is 18.7 Å². The third-order valence-corrected chi connectivity index (χ3v) is 1.77. The number of hydrogen-bond acceptors (Lipinski definition) is 3. The van der Waals surface area contributed by atoms with Crippen LogP contribution in [0.3, 0.4) is 0 Å². The Bertz CT molecular complexity index is 83.4. The molecule has 11 heavy (non-hydrogen) atoms. The van der Waals surface area contributed by atoms with E-state index in [4.69, 9.17) is 11.5 Å². The molecule has 0 saturated heterocycles. The Morgan fingerprint density at radius 3 is 2.18 bits per heavy atom. The predicted octanol–water partition coefficient (Wildman–Crippen LogP) is 0.352. The summed E-state index contributed by atoms with van der Waals surface area (Å²) in [6.45, 7) is 7.63. The lowest BCUT2D eigenvalue weighted by Gasteiger charge is -2.20. The summed E-state index contributed by atoms with van der Waals surface area (Å²) in [4.78, 5) is 2.37. The fourth-order valence-corrected chi connectivity index (χ4v) is 1.08. The minimum atomic E-state index is -0.152. The van der Waals surface area contributed by atoms with Crippen molar-refractivity contribution >= 4 is 0 Å². The van der Waals surface area contributed by atoms with Gasteiger partial charge in [0, 0.05) is 6.54 Å². The molecular formula is C8H21N3.